The van der Waals surface area contributed by atoms with Gasteiger partial charge in [0.1, 0.15) is 17.8 Å². The predicted octanol–water partition coefficient (Wildman–Crippen LogP) is 1.74. The van der Waals surface area contributed by atoms with Gasteiger partial charge in [0.25, 0.3) is 11.8 Å². The van der Waals surface area contributed by atoms with Crippen LogP contribution in [0.25, 0.3) is 0 Å². The highest BCUT2D eigenvalue weighted by molar-refractivity contribution is 7.08. The van der Waals surface area contributed by atoms with E-state index in [0.717, 1.165) is 0 Å². The number of ketones is 1. The maximum Gasteiger partial charge on any atom is 0.273 e. The van der Waals surface area contributed by atoms with E-state index in [4.69, 9.17) is 0 Å². The number of nitrogens with zero attached hydrogens (tertiary/aromatic N) is 3. The number of hydrogen-bond acceptors (Lipinski definition) is 6. The molecule has 3 atom stereocenters. The quantitative estimate of drug-likeness (QED) is 0.738. The molecule has 0 spiro atoms. The van der Waals surface area contributed by atoms with Gasteiger partial charge in [-0.25, -0.2) is 0 Å². The van der Waals surface area contributed by atoms with Crippen LogP contribution in [0.4, 0.5) is 0 Å². The number of Topliss-reactive ketones (excluding diaryl/α,β-unsaturated/α-hetero) is 1. The summed E-state index contributed by atoms with van der Waals surface area (Å²) in [7, 11) is 0. The highest BCUT2D eigenvalue weighted by Crippen LogP contribution is 2.31. The van der Waals surface area contributed by atoms with Crippen molar-refractivity contribution in [3.05, 3.63) is 52.5 Å². The molecule has 2 aliphatic heterocycles. The zero-order chi connectivity index (χ0) is 22.0. The van der Waals surface area contributed by atoms with E-state index < -0.39 is 12.1 Å². The number of rotatable bonds is 6. The zero-order valence-corrected chi connectivity index (χ0v) is 18.0. The van der Waals surface area contributed by atoms with E-state index in [1.165, 1.54) is 16.2 Å². The van der Waals surface area contributed by atoms with Crippen LogP contribution in [0, 0.1) is 0 Å². The van der Waals surface area contributed by atoms with Crippen molar-refractivity contribution in [1.82, 2.24) is 20.1 Å². The number of aromatic nitrogens is 1. The van der Waals surface area contributed by atoms with Crippen LogP contribution in [0.15, 0.2) is 41.2 Å². The van der Waals surface area contributed by atoms with Crippen LogP contribution in [0.1, 0.15) is 47.0 Å². The van der Waals surface area contributed by atoms with Crippen molar-refractivity contribution in [1.29, 1.82) is 0 Å². The molecule has 2 aromatic heterocycles. The Morgan fingerprint density at radius 3 is 2.77 bits per heavy atom. The summed E-state index contributed by atoms with van der Waals surface area (Å²) in [6, 6.07) is 5.05. The van der Waals surface area contributed by atoms with Gasteiger partial charge in [0.15, 0.2) is 5.78 Å². The second-order valence-electron chi connectivity index (χ2n) is 7.77. The van der Waals surface area contributed by atoms with Gasteiger partial charge in [-0.2, -0.15) is 11.3 Å². The molecule has 162 valence electrons. The minimum absolute atomic E-state index is 0.0335. The SMILES string of the molecule is CCCC(NC(=O)c1ccsc1)C(=O)N1CCC2C1C(=O)CN2C(=O)c1ccccn1. The highest BCUT2D eigenvalue weighted by Gasteiger charge is 2.52. The summed E-state index contributed by atoms with van der Waals surface area (Å²) in [5.41, 5.74) is 0.801. The molecule has 0 bridgehead atoms. The molecule has 9 heteroatoms. The summed E-state index contributed by atoms with van der Waals surface area (Å²) in [5.74, 6) is -1.02. The van der Waals surface area contributed by atoms with Crippen LogP contribution < -0.4 is 5.32 Å². The van der Waals surface area contributed by atoms with Gasteiger partial charge in [0, 0.05) is 18.1 Å². The number of nitrogens with one attached hydrogen (secondary N) is 1. The number of likely N-dealkylation sites (tertiary alicyclic amines) is 2. The molecule has 4 heterocycles. The third kappa shape index (κ3) is 4.10. The molecule has 0 aliphatic carbocycles. The first-order valence-electron chi connectivity index (χ1n) is 10.4. The van der Waals surface area contributed by atoms with Crippen molar-refractivity contribution >= 4 is 34.8 Å². The Balaban J connectivity index is 1.49. The lowest BCUT2D eigenvalue weighted by Crippen LogP contribution is -2.52. The van der Waals surface area contributed by atoms with E-state index in [2.05, 4.69) is 10.3 Å². The molecule has 2 fully saturated rings. The van der Waals surface area contributed by atoms with E-state index >= 15 is 0 Å². The van der Waals surface area contributed by atoms with Gasteiger partial charge in [0.2, 0.25) is 5.91 Å². The molecule has 2 aromatic rings. The van der Waals surface area contributed by atoms with E-state index in [9.17, 15) is 19.2 Å². The van der Waals surface area contributed by atoms with Gasteiger partial charge >= 0.3 is 0 Å². The summed E-state index contributed by atoms with van der Waals surface area (Å²) in [6.07, 6.45) is 3.25. The van der Waals surface area contributed by atoms with Crippen LogP contribution in [0.3, 0.4) is 0 Å². The van der Waals surface area contributed by atoms with Gasteiger partial charge in [-0.15, -0.1) is 0 Å². The summed E-state index contributed by atoms with van der Waals surface area (Å²) in [4.78, 5) is 58.7. The van der Waals surface area contributed by atoms with Crippen LogP contribution in [0.5, 0.6) is 0 Å². The van der Waals surface area contributed by atoms with Crippen LogP contribution in [-0.4, -0.2) is 69.5 Å². The second kappa shape index (κ2) is 8.97. The molecule has 3 unspecified atom stereocenters. The average molecular weight is 441 g/mol. The third-order valence-electron chi connectivity index (χ3n) is 5.81. The summed E-state index contributed by atoms with van der Waals surface area (Å²) in [6.45, 7) is 2.28. The Hall–Kier alpha value is -3.07. The molecule has 0 radical (unpaired) electrons. The van der Waals surface area contributed by atoms with Gasteiger partial charge in [-0.3, -0.25) is 24.2 Å². The van der Waals surface area contributed by atoms with Gasteiger partial charge in [-0.1, -0.05) is 19.4 Å². The third-order valence-corrected chi connectivity index (χ3v) is 6.50. The molecular weight excluding hydrogens is 416 g/mol. The first-order chi connectivity index (χ1) is 15.0. The molecule has 3 amide bonds. The van der Waals surface area contributed by atoms with Crippen molar-refractivity contribution in [2.75, 3.05) is 13.1 Å². The first-order valence-corrected chi connectivity index (χ1v) is 11.3. The Morgan fingerprint density at radius 2 is 2.10 bits per heavy atom. The molecule has 1 N–H and O–H groups in total. The molecular formula is C22H24N4O4S. The molecule has 31 heavy (non-hydrogen) atoms. The number of thiophene rings is 1. The normalized spacial score (nSPS) is 21.1. The average Bonchev–Trinajstić information content (AvgIpc) is 3.52. The lowest BCUT2D eigenvalue weighted by Gasteiger charge is -2.28. The minimum Gasteiger partial charge on any atom is -0.340 e. The maximum absolute atomic E-state index is 13.3. The van der Waals surface area contributed by atoms with Gasteiger partial charge in [0.05, 0.1) is 18.2 Å². The van der Waals surface area contributed by atoms with E-state index in [-0.39, 0.29) is 41.8 Å². The number of pyridine rings is 1. The lowest BCUT2D eigenvalue weighted by molar-refractivity contribution is -0.138. The molecule has 2 saturated heterocycles. The lowest BCUT2D eigenvalue weighted by atomic mass is 10.1. The van der Waals surface area contributed by atoms with Crippen molar-refractivity contribution in [3.8, 4) is 0 Å². The standard InChI is InChI=1S/C22H24N4O4S/c1-2-5-16(24-20(28)14-8-11-31-13-14)22(30)25-10-7-17-19(25)18(27)12-26(17)21(29)15-6-3-4-9-23-15/h3-4,6,8-9,11,13,16-17,19H,2,5,7,10,12H2,1H3,(H,24,28). The van der Waals surface area contributed by atoms with E-state index in [1.807, 2.05) is 6.92 Å². The zero-order valence-electron chi connectivity index (χ0n) is 17.2. The fourth-order valence-electron chi connectivity index (χ4n) is 4.36. The second-order valence-corrected chi connectivity index (χ2v) is 8.55. The highest BCUT2D eigenvalue weighted by atomic mass is 32.1. The molecule has 4 rings (SSSR count). The Labute approximate surface area is 184 Å². The van der Waals surface area contributed by atoms with Crippen molar-refractivity contribution in [3.63, 3.8) is 0 Å². The summed E-state index contributed by atoms with van der Waals surface area (Å²) in [5, 5.41) is 6.37. The molecule has 0 saturated carbocycles. The van der Waals surface area contributed by atoms with Gasteiger partial charge < -0.3 is 15.1 Å². The fraction of sp³-hybridized carbons (Fsp3) is 0.409. The molecule has 8 nitrogen and oxygen atoms in total. The molecule has 0 aromatic carbocycles. The first kappa shape index (κ1) is 21.2. The number of carbonyl (C=O) groups excluding carboxylic acids is 4. The molecule has 2 aliphatic rings. The van der Waals surface area contributed by atoms with Crippen LogP contribution in [0.2, 0.25) is 0 Å². The smallest absolute Gasteiger partial charge is 0.273 e. The minimum atomic E-state index is -0.704. The number of hydrogen-bond donors (Lipinski definition) is 1. The topological polar surface area (TPSA) is 99.7 Å². The van der Waals surface area contributed by atoms with Crippen molar-refractivity contribution in [2.24, 2.45) is 0 Å². The van der Waals surface area contributed by atoms with Crippen LogP contribution in [-0.2, 0) is 9.59 Å². The van der Waals surface area contributed by atoms with E-state index in [0.29, 0.717) is 31.4 Å². The monoisotopic (exact) mass is 440 g/mol. The Kier molecular flexibility index (Phi) is 6.13. The predicted molar refractivity (Wildman–Crippen MR) is 115 cm³/mol. The van der Waals surface area contributed by atoms with Gasteiger partial charge in [-0.05, 0) is 36.4 Å². The number of carbonyl (C=O) groups is 4. The summed E-state index contributed by atoms with van der Waals surface area (Å²) < 4.78 is 0. The Morgan fingerprint density at radius 1 is 1.26 bits per heavy atom. The van der Waals surface area contributed by atoms with Crippen LogP contribution >= 0.6 is 11.3 Å². The maximum atomic E-state index is 13.3. The number of amides is 3. The fourth-order valence-corrected chi connectivity index (χ4v) is 4.99. The largest absolute Gasteiger partial charge is 0.340 e. The summed E-state index contributed by atoms with van der Waals surface area (Å²) >= 11 is 1.41. The Bertz CT molecular complexity index is 979. The number of fused-ring (bicyclic) bond motifs is 1. The van der Waals surface area contributed by atoms with Crippen molar-refractivity contribution in [2.45, 2.75) is 44.3 Å². The van der Waals surface area contributed by atoms with E-state index in [1.54, 1.807) is 46.1 Å². The van der Waals surface area contributed by atoms with Crippen molar-refractivity contribution < 1.29 is 19.2 Å².